The van der Waals surface area contributed by atoms with Crippen LogP contribution in [0.5, 0.6) is 0 Å². The summed E-state index contributed by atoms with van der Waals surface area (Å²) in [7, 11) is -4.37. The van der Waals surface area contributed by atoms with Crippen molar-refractivity contribution in [2.75, 3.05) is 13.2 Å². The number of aliphatic carboxylic acids is 1. The smallest absolute Gasteiger partial charge is 0.364 e. The molecule has 1 aromatic carbocycles. The molecule has 3 rings (SSSR count). The van der Waals surface area contributed by atoms with Crippen LogP contribution >= 0.6 is 7.60 Å². The molecule has 1 fully saturated rings. The molecule has 12 heteroatoms. The van der Waals surface area contributed by atoms with E-state index in [4.69, 9.17) is 9.05 Å². The van der Waals surface area contributed by atoms with E-state index >= 15 is 0 Å². The van der Waals surface area contributed by atoms with Gasteiger partial charge in [0.1, 0.15) is 12.3 Å². The number of carbonyl (C=O) groups is 5. The van der Waals surface area contributed by atoms with Gasteiger partial charge in [-0.15, -0.1) is 0 Å². The van der Waals surface area contributed by atoms with E-state index < -0.39 is 49.2 Å². The SMILES string of the molecule is CCOP(=O)(OCC)C(C(=O)O)N1C(=O)C(N2C(=O)c3ccccc3C2=O)C1/C=C\C=O. The fourth-order valence-corrected chi connectivity index (χ4v) is 5.74. The van der Waals surface area contributed by atoms with Crippen LogP contribution in [0, 0.1) is 0 Å². The molecule has 0 aromatic heterocycles. The van der Waals surface area contributed by atoms with Gasteiger partial charge in [-0.1, -0.05) is 18.2 Å². The number of imide groups is 1. The van der Waals surface area contributed by atoms with Crippen LogP contribution in [0.3, 0.4) is 0 Å². The zero-order chi connectivity index (χ0) is 23.6. The number of rotatable bonds is 10. The van der Waals surface area contributed by atoms with Crippen LogP contribution in [0.2, 0.25) is 0 Å². The van der Waals surface area contributed by atoms with Gasteiger partial charge < -0.3 is 19.1 Å². The summed E-state index contributed by atoms with van der Waals surface area (Å²) in [5, 5.41) is 9.79. The first-order valence-corrected chi connectivity index (χ1v) is 11.4. The van der Waals surface area contributed by atoms with Gasteiger partial charge in [-0.3, -0.25) is 28.6 Å². The van der Waals surface area contributed by atoms with E-state index in [1.54, 1.807) is 12.1 Å². The molecule has 1 aromatic rings. The number of benzene rings is 1. The number of likely N-dealkylation sites (tertiary alicyclic amines) is 1. The third-order valence-corrected chi connectivity index (χ3v) is 7.35. The molecule has 1 N–H and O–H groups in total. The summed E-state index contributed by atoms with van der Waals surface area (Å²) in [6.07, 6.45) is 2.56. The van der Waals surface area contributed by atoms with Crippen molar-refractivity contribution in [2.45, 2.75) is 31.7 Å². The highest BCUT2D eigenvalue weighted by atomic mass is 31.2. The fourth-order valence-electron chi connectivity index (χ4n) is 3.83. The predicted molar refractivity (Wildman–Crippen MR) is 109 cm³/mol. The van der Waals surface area contributed by atoms with Crippen molar-refractivity contribution in [3.63, 3.8) is 0 Å². The summed E-state index contributed by atoms with van der Waals surface area (Å²) in [4.78, 5) is 63.2. The summed E-state index contributed by atoms with van der Waals surface area (Å²) in [5.74, 6) is -6.08. The molecule has 32 heavy (non-hydrogen) atoms. The Balaban J connectivity index is 2.03. The lowest BCUT2D eigenvalue weighted by Gasteiger charge is -2.51. The molecule has 0 spiro atoms. The van der Waals surface area contributed by atoms with E-state index in [9.17, 15) is 33.6 Å². The summed E-state index contributed by atoms with van der Waals surface area (Å²) in [6, 6.07) is 3.35. The quantitative estimate of drug-likeness (QED) is 0.178. The Morgan fingerprint density at radius 2 is 1.66 bits per heavy atom. The second kappa shape index (κ2) is 9.15. The monoisotopic (exact) mass is 464 g/mol. The first-order valence-electron chi connectivity index (χ1n) is 9.76. The van der Waals surface area contributed by atoms with Crippen LogP contribution in [-0.2, 0) is 28.0 Å². The van der Waals surface area contributed by atoms with Crippen LogP contribution < -0.4 is 0 Å². The third-order valence-electron chi connectivity index (χ3n) is 5.04. The van der Waals surface area contributed by atoms with Gasteiger partial charge in [0, 0.05) is 0 Å². The highest BCUT2D eigenvalue weighted by Crippen LogP contribution is 2.56. The minimum absolute atomic E-state index is 0.103. The van der Waals surface area contributed by atoms with Gasteiger partial charge in [-0.05, 0) is 32.1 Å². The van der Waals surface area contributed by atoms with Crippen LogP contribution in [0.1, 0.15) is 34.6 Å². The number of carbonyl (C=O) groups excluding carboxylic acids is 4. The van der Waals surface area contributed by atoms with Crippen LogP contribution in [0.25, 0.3) is 0 Å². The van der Waals surface area contributed by atoms with E-state index in [-0.39, 0.29) is 24.3 Å². The Morgan fingerprint density at radius 3 is 2.09 bits per heavy atom. The molecule has 3 unspecified atom stereocenters. The van der Waals surface area contributed by atoms with Crippen molar-refractivity contribution in [1.82, 2.24) is 9.80 Å². The zero-order valence-corrected chi connectivity index (χ0v) is 18.1. The molecule has 3 atom stereocenters. The first kappa shape index (κ1) is 23.5. The number of hydrogen-bond acceptors (Lipinski definition) is 8. The normalized spacial score (nSPS) is 21.6. The molecule has 170 valence electrons. The lowest BCUT2D eigenvalue weighted by Crippen LogP contribution is -2.74. The number of carboxylic acids is 1. The third kappa shape index (κ3) is 3.68. The highest BCUT2D eigenvalue weighted by molar-refractivity contribution is 7.55. The predicted octanol–water partition coefficient (Wildman–Crippen LogP) is 1.29. The number of nitrogens with zero attached hydrogens (tertiary/aromatic N) is 2. The number of allylic oxidation sites excluding steroid dienone is 1. The number of carboxylic acid groups (broad SMARTS) is 1. The Hall–Kier alpha value is -3.14. The molecule has 1 saturated heterocycles. The van der Waals surface area contributed by atoms with Gasteiger partial charge in [0.25, 0.3) is 11.8 Å². The lowest BCUT2D eigenvalue weighted by atomic mass is 9.92. The molecule has 0 radical (unpaired) electrons. The summed E-state index contributed by atoms with van der Waals surface area (Å²) in [6.45, 7) is 2.65. The summed E-state index contributed by atoms with van der Waals surface area (Å²) < 4.78 is 23.5. The van der Waals surface area contributed by atoms with Crippen LogP contribution in [0.4, 0.5) is 0 Å². The molecule has 2 aliphatic rings. The van der Waals surface area contributed by atoms with Crippen molar-refractivity contribution in [2.24, 2.45) is 0 Å². The Kier molecular flexibility index (Phi) is 6.73. The van der Waals surface area contributed by atoms with Crippen LogP contribution in [0.15, 0.2) is 36.4 Å². The van der Waals surface area contributed by atoms with Gasteiger partial charge in [-0.25, -0.2) is 4.79 Å². The molecule has 3 amide bonds. The average molecular weight is 464 g/mol. The molecule has 11 nitrogen and oxygen atoms in total. The van der Waals surface area contributed by atoms with Crippen molar-refractivity contribution in [1.29, 1.82) is 0 Å². The number of amides is 3. The number of hydrogen-bond donors (Lipinski definition) is 1. The second-order valence-corrected chi connectivity index (χ2v) is 8.90. The Bertz CT molecular complexity index is 1010. The molecule has 0 saturated carbocycles. The second-order valence-electron chi connectivity index (χ2n) is 6.82. The van der Waals surface area contributed by atoms with Crippen molar-refractivity contribution in [3.05, 3.63) is 47.5 Å². The summed E-state index contributed by atoms with van der Waals surface area (Å²) in [5.41, 5.74) is 0.205. The lowest BCUT2D eigenvalue weighted by molar-refractivity contribution is -0.162. The Morgan fingerprint density at radius 1 is 1.12 bits per heavy atom. The number of β-lactam (4-membered cyclic amide) rings is 1. The van der Waals surface area contributed by atoms with Crippen LogP contribution in [-0.4, -0.2) is 76.0 Å². The van der Waals surface area contributed by atoms with E-state index in [2.05, 4.69) is 0 Å². The largest absolute Gasteiger partial charge is 0.479 e. The maximum Gasteiger partial charge on any atom is 0.364 e. The number of aldehydes is 1. The minimum Gasteiger partial charge on any atom is -0.479 e. The molecule has 2 heterocycles. The van der Waals surface area contributed by atoms with Crippen molar-refractivity contribution in [3.8, 4) is 0 Å². The van der Waals surface area contributed by atoms with Gasteiger partial charge in [-0.2, -0.15) is 0 Å². The average Bonchev–Trinajstić information content (AvgIpc) is 2.99. The van der Waals surface area contributed by atoms with Gasteiger partial charge in [0.2, 0.25) is 11.7 Å². The highest BCUT2D eigenvalue weighted by Gasteiger charge is 2.62. The standard InChI is InChI=1S/C20H21N2O9P/c1-3-30-32(29,31-4-2)19(20(27)28)21-14(10-7-11-23)15(18(21)26)22-16(24)12-8-5-6-9-13(12)17(22)25/h5-11,14-15,19H,3-4H2,1-2H3,(H,27,28)/b10-7-. The van der Waals surface area contributed by atoms with E-state index in [0.29, 0.717) is 11.2 Å². The fraction of sp³-hybridized carbons (Fsp3) is 0.350. The molecular weight excluding hydrogens is 443 g/mol. The maximum absolute atomic E-state index is 13.2. The van der Waals surface area contributed by atoms with Crippen molar-refractivity contribution < 1.29 is 42.7 Å². The topological polar surface area (TPSA) is 148 Å². The summed E-state index contributed by atoms with van der Waals surface area (Å²) >= 11 is 0. The molecular formula is C20H21N2O9P. The first-order chi connectivity index (χ1) is 15.2. The van der Waals surface area contributed by atoms with E-state index in [0.717, 1.165) is 11.0 Å². The Labute approximate surface area is 183 Å². The van der Waals surface area contributed by atoms with Gasteiger partial charge >= 0.3 is 13.6 Å². The maximum atomic E-state index is 13.2. The van der Waals surface area contributed by atoms with Crippen molar-refractivity contribution >= 4 is 37.6 Å². The van der Waals surface area contributed by atoms with Gasteiger partial charge in [0.05, 0.1) is 30.4 Å². The molecule has 0 bridgehead atoms. The van der Waals surface area contributed by atoms with E-state index in [1.807, 2.05) is 0 Å². The van der Waals surface area contributed by atoms with Gasteiger partial charge in [0.15, 0.2) is 0 Å². The van der Waals surface area contributed by atoms with E-state index in [1.165, 1.54) is 32.1 Å². The molecule has 2 aliphatic heterocycles. The number of fused-ring (bicyclic) bond motifs is 1. The zero-order valence-electron chi connectivity index (χ0n) is 17.2. The minimum atomic E-state index is -4.37. The molecule has 0 aliphatic carbocycles.